The van der Waals surface area contributed by atoms with E-state index < -0.39 is 15.7 Å². The minimum absolute atomic E-state index is 0.196. The number of hydrogen-bond donors (Lipinski definition) is 0. The summed E-state index contributed by atoms with van der Waals surface area (Å²) in [7, 11) is -3.41. The first-order valence-corrected chi connectivity index (χ1v) is 11.9. The molecule has 0 aromatic carbocycles. The monoisotopic (exact) mass is 404 g/mol. The summed E-state index contributed by atoms with van der Waals surface area (Å²) in [5, 5.41) is 0. The fourth-order valence-corrected chi connectivity index (χ4v) is 4.45. The highest BCUT2D eigenvalue weighted by molar-refractivity contribution is 7.85. The minimum Gasteiger partial charge on any atom is -0.444 e. The molecule has 0 atom stereocenters. The summed E-state index contributed by atoms with van der Waals surface area (Å²) in [6.45, 7) is 7.81. The summed E-state index contributed by atoms with van der Waals surface area (Å²) in [5.41, 5.74) is -0.481. The zero-order valence-corrected chi connectivity index (χ0v) is 18.1. The summed E-state index contributed by atoms with van der Waals surface area (Å²) in [5.74, 6) is 0. The van der Waals surface area contributed by atoms with Crippen molar-refractivity contribution < 1.29 is 22.1 Å². The first-order chi connectivity index (χ1) is 12.6. The fraction of sp³-hybridized carbons (Fsp3) is 0.947. The molecule has 1 amide bonds. The average molecular weight is 405 g/mol. The summed E-state index contributed by atoms with van der Waals surface area (Å²) in [4.78, 5) is 16.5. The number of carbonyl (C=O) groups excluding carboxylic acids is 1. The Bertz CT molecular complexity index is 573. The van der Waals surface area contributed by atoms with Gasteiger partial charge in [0.05, 0.1) is 12.9 Å². The SMILES string of the molecule is CC(C)(C)OC(=O)N1CCC(N(CCOS(C)(=O)=O)C2CCCCC2)CC1. The van der Waals surface area contributed by atoms with Crippen molar-refractivity contribution in [2.24, 2.45) is 0 Å². The number of hydrogen-bond acceptors (Lipinski definition) is 6. The van der Waals surface area contributed by atoms with Crippen molar-refractivity contribution in [1.29, 1.82) is 0 Å². The predicted molar refractivity (Wildman–Crippen MR) is 105 cm³/mol. The lowest BCUT2D eigenvalue weighted by Gasteiger charge is -2.43. The Morgan fingerprint density at radius 3 is 2.11 bits per heavy atom. The topological polar surface area (TPSA) is 76.2 Å². The zero-order valence-electron chi connectivity index (χ0n) is 17.3. The van der Waals surface area contributed by atoms with Gasteiger partial charge >= 0.3 is 6.09 Å². The number of rotatable bonds is 6. The summed E-state index contributed by atoms with van der Waals surface area (Å²) < 4.78 is 33.1. The molecule has 1 saturated heterocycles. The number of amides is 1. The molecule has 1 aliphatic heterocycles. The van der Waals surface area contributed by atoms with Crippen LogP contribution in [0.4, 0.5) is 4.79 Å². The van der Waals surface area contributed by atoms with Crippen molar-refractivity contribution in [3.05, 3.63) is 0 Å². The molecule has 27 heavy (non-hydrogen) atoms. The molecular weight excluding hydrogens is 368 g/mol. The van der Waals surface area contributed by atoms with Gasteiger partial charge in [0.1, 0.15) is 5.60 Å². The lowest BCUT2D eigenvalue weighted by molar-refractivity contribution is 0.00675. The van der Waals surface area contributed by atoms with E-state index in [0.717, 1.165) is 31.9 Å². The molecule has 0 aromatic heterocycles. The van der Waals surface area contributed by atoms with E-state index in [0.29, 0.717) is 31.7 Å². The minimum atomic E-state index is -3.41. The lowest BCUT2D eigenvalue weighted by Crippen LogP contribution is -2.52. The molecule has 0 radical (unpaired) electrons. The number of piperidine rings is 1. The highest BCUT2D eigenvalue weighted by Gasteiger charge is 2.33. The molecule has 0 spiro atoms. The maximum absolute atomic E-state index is 12.3. The highest BCUT2D eigenvalue weighted by atomic mass is 32.2. The lowest BCUT2D eigenvalue weighted by atomic mass is 9.91. The van der Waals surface area contributed by atoms with Gasteiger partial charge in [0.15, 0.2) is 0 Å². The highest BCUT2D eigenvalue weighted by Crippen LogP contribution is 2.28. The van der Waals surface area contributed by atoms with E-state index in [1.54, 1.807) is 4.90 Å². The van der Waals surface area contributed by atoms with Crippen molar-refractivity contribution in [2.75, 3.05) is 32.5 Å². The van der Waals surface area contributed by atoms with E-state index in [2.05, 4.69) is 4.90 Å². The Kier molecular flexibility index (Phi) is 7.94. The predicted octanol–water partition coefficient (Wildman–Crippen LogP) is 3.00. The van der Waals surface area contributed by atoms with Gasteiger partial charge in [-0.25, -0.2) is 4.79 Å². The van der Waals surface area contributed by atoms with Crippen LogP contribution in [-0.4, -0.2) is 74.5 Å². The van der Waals surface area contributed by atoms with Crippen LogP contribution in [0.25, 0.3) is 0 Å². The standard InChI is InChI=1S/C19H36N2O5S/c1-19(2,3)26-18(22)20-12-10-17(11-13-20)21(14-15-25-27(4,23)24)16-8-6-5-7-9-16/h16-17H,5-15H2,1-4H3. The van der Waals surface area contributed by atoms with E-state index in [9.17, 15) is 13.2 Å². The Hall–Kier alpha value is -0.860. The van der Waals surface area contributed by atoms with Crippen LogP contribution < -0.4 is 0 Å². The normalized spacial score (nSPS) is 20.9. The Morgan fingerprint density at radius 1 is 1.04 bits per heavy atom. The molecule has 0 N–H and O–H groups in total. The number of ether oxygens (including phenoxy) is 1. The van der Waals surface area contributed by atoms with Crippen molar-refractivity contribution in [2.45, 2.75) is 83.4 Å². The van der Waals surface area contributed by atoms with E-state index in [-0.39, 0.29) is 12.7 Å². The van der Waals surface area contributed by atoms with E-state index >= 15 is 0 Å². The van der Waals surface area contributed by atoms with E-state index in [1.807, 2.05) is 20.8 Å². The number of nitrogens with zero attached hydrogens (tertiary/aromatic N) is 2. The number of carbonyl (C=O) groups is 1. The molecule has 7 nitrogen and oxygen atoms in total. The molecule has 2 fully saturated rings. The van der Waals surface area contributed by atoms with Gasteiger partial charge in [-0.15, -0.1) is 0 Å². The van der Waals surface area contributed by atoms with E-state index in [4.69, 9.17) is 8.92 Å². The van der Waals surface area contributed by atoms with Crippen molar-refractivity contribution in [3.8, 4) is 0 Å². The number of likely N-dealkylation sites (tertiary alicyclic amines) is 1. The Labute approximate surface area is 164 Å². The third-order valence-electron chi connectivity index (χ3n) is 5.28. The van der Waals surface area contributed by atoms with Gasteiger partial charge in [0.25, 0.3) is 10.1 Å². The van der Waals surface area contributed by atoms with Gasteiger partial charge < -0.3 is 9.64 Å². The van der Waals surface area contributed by atoms with Crippen LogP contribution >= 0.6 is 0 Å². The van der Waals surface area contributed by atoms with Gasteiger partial charge in [-0.2, -0.15) is 8.42 Å². The van der Waals surface area contributed by atoms with Gasteiger partial charge in [-0.1, -0.05) is 19.3 Å². The molecule has 1 aliphatic carbocycles. The summed E-state index contributed by atoms with van der Waals surface area (Å²) in [6, 6.07) is 0.843. The maximum Gasteiger partial charge on any atom is 0.410 e. The summed E-state index contributed by atoms with van der Waals surface area (Å²) >= 11 is 0. The van der Waals surface area contributed by atoms with Gasteiger partial charge in [-0.05, 0) is 46.5 Å². The van der Waals surface area contributed by atoms with Gasteiger partial charge in [-0.3, -0.25) is 9.08 Å². The van der Waals surface area contributed by atoms with Crippen molar-refractivity contribution in [1.82, 2.24) is 9.80 Å². The smallest absolute Gasteiger partial charge is 0.410 e. The Balaban J connectivity index is 1.92. The second kappa shape index (κ2) is 9.56. The molecule has 2 aliphatic rings. The molecule has 158 valence electrons. The second-order valence-corrected chi connectivity index (χ2v) is 10.4. The molecule has 0 bridgehead atoms. The molecule has 1 saturated carbocycles. The fourth-order valence-electron chi connectivity index (χ4n) is 4.08. The van der Waals surface area contributed by atoms with Crippen LogP contribution in [-0.2, 0) is 19.0 Å². The average Bonchev–Trinajstić information content (AvgIpc) is 2.57. The van der Waals surface area contributed by atoms with Crippen molar-refractivity contribution >= 4 is 16.2 Å². The summed E-state index contributed by atoms with van der Waals surface area (Å²) in [6.07, 6.45) is 8.67. The first-order valence-electron chi connectivity index (χ1n) is 10.1. The largest absolute Gasteiger partial charge is 0.444 e. The molecule has 1 heterocycles. The third-order valence-corrected chi connectivity index (χ3v) is 5.87. The zero-order chi connectivity index (χ0) is 20.1. The van der Waals surface area contributed by atoms with Crippen LogP contribution in [0.2, 0.25) is 0 Å². The van der Waals surface area contributed by atoms with Crippen LogP contribution in [0.15, 0.2) is 0 Å². The maximum atomic E-state index is 12.3. The first kappa shape index (κ1) is 22.4. The van der Waals surface area contributed by atoms with Gasteiger partial charge in [0, 0.05) is 31.7 Å². The van der Waals surface area contributed by atoms with E-state index in [1.165, 1.54) is 19.3 Å². The Morgan fingerprint density at radius 2 is 1.59 bits per heavy atom. The third kappa shape index (κ3) is 7.95. The molecular formula is C19H36N2O5S. The van der Waals surface area contributed by atoms with Crippen LogP contribution in [0.1, 0.15) is 65.7 Å². The van der Waals surface area contributed by atoms with Crippen LogP contribution in [0, 0.1) is 0 Å². The molecule has 8 heteroatoms. The quantitative estimate of drug-likeness (QED) is 0.634. The van der Waals surface area contributed by atoms with Gasteiger partial charge in [0.2, 0.25) is 0 Å². The van der Waals surface area contributed by atoms with Crippen molar-refractivity contribution in [3.63, 3.8) is 0 Å². The van der Waals surface area contributed by atoms with Crippen LogP contribution in [0.3, 0.4) is 0 Å². The molecule has 2 rings (SSSR count). The second-order valence-electron chi connectivity index (χ2n) is 8.75. The van der Waals surface area contributed by atoms with Crippen LogP contribution in [0.5, 0.6) is 0 Å². The molecule has 0 aromatic rings. The molecule has 0 unspecified atom stereocenters.